The van der Waals surface area contributed by atoms with Crippen LogP contribution in [0.3, 0.4) is 0 Å². The lowest BCUT2D eigenvalue weighted by Crippen LogP contribution is -2.56. The molecule has 1 unspecified atom stereocenters. The molecule has 1 atom stereocenters. The second-order valence-electron chi connectivity index (χ2n) is 5.90. The number of benzene rings is 1. The number of unbranched alkanes of at least 4 members (excludes halogenated alkanes) is 4. The van der Waals surface area contributed by atoms with Crippen molar-refractivity contribution in [2.45, 2.75) is 55.4 Å². The lowest BCUT2D eigenvalue weighted by molar-refractivity contribution is -0.122. The molecule has 4 nitrogen and oxygen atoms in total. The highest BCUT2D eigenvalue weighted by Crippen LogP contribution is 2.31. The van der Waals surface area contributed by atoms with Crippen LogP contribution in [-0.2, 0) is 4.79 Å². The Labute approximate surface area is 190 Å². The van der Waals surface area contributed by atoms with Gasteiger partial charge in [0.15, 0.2) is 5.11 Å². The maximum absolute atomic E-state index is 12.1. The van der Waals surface area contributed by atoms with Gasteiger partial charge in [0.05, 0.1) is 15.7 Å². The van der Waals surface area contributed by atoms with Gasteiger partial charge in [-0.05, 0) is 30.8 Å². The van der Waals surface area contributed by atoms with Crippen LogP contribution >= 0.6 is 70.2 Å². The molecule has 0 aliphatic heterocycles. The Morgan fingerprint density at radius 2 is 1.67 bits per heavy atom. The van der Waals surface area contributed by atoms with Crippen molar-refractivity contribution in [2.75, 3.05) is 5.32 Å². The summed E-state index contributed by atoms with van der Waals surface area (Å²) >= 11 is 35.3. The van der Waals surface area contributed by atoms with Gasteiger partial charge < -0.3 is 16.0 Å². The van der Waals surface area contributed by atoms with E-state index in [1.54, 1.807) is 18.2 Å². The van der Waals surface area contributed by atoms with Gasteiger partial charge in [-0.1, -0.05) is 96.7 Å². The molecule has 0 aliphatic rings. The number of hydrogen-bond acceptors (Lipinski definition) is 2. The third kappa shape index (κ3) is 9.73. The van der Waals surface area contributed by atoms with Crippen molar-refractivity contribution in [2.24, 2.45) is 0 Å². The lowest BCUT2D eigenvalue weighted by atomic mass is 10.1. The van der Waals surface area contributed by atoms with Crippen LogP contribution in [0.5, 0.6) is 0 Å². The zero-order valence-electron chi connectivity index (χ0n) is 14.8. The molecule has 0 aromatic heterocycles. The monoisotopic (exact) mass is 491 g/mol. The molecule has 152 valence electrons. The second-order valence-corrected chi connectivity index (χ2v) is 9.49. The first kappa shape index (κ1) is 24.9. The van der Waals surface area contributed by atoms with Crippen LogP contribution in [0.1, 0.15) is 45.4 Å². The molecule has 0 radical (unpaired) electrons. The summed E-state index contributed by atoms with van der Waals surface area (Å²) in [5.74, 6) is -0.228. The van der Waals surface area contributed by atoms with Gasteiger partial charge >= 0.3 is 0 Å². The summed E-state index contributed by atoms with van der Waals surface area (Å²) in [6, 6.07) is 5.02. The number of para-hydroxylation sites is 1. The maximum Gasteiger partial charge on any atom is 0.228 e. The summed E-state index contributed by atoms with van der Waals surface area (Å²) in [5, 5.41) is 9.15. The predicted octanol–water partition coefficient (Wildman–Crippen LogP) is 6.45. The Morgan fingerprint density at radius 3 is 2.22 bits per heavy atom. The quantitative estimate of drug-likeness (QED) is 0.160. The predicted molar refractivity (Wildman–Crippen MR) is 121 cm³/mol. The van der Waals surface area contributed by atoms with Gasteiger partial charge in [0.2, 0.25) is 9.70 Å². The van der Waals surface area contributed by atoms with Gasteiger partial charge in [-0.15, -0.1) is 0 Å². The molecular formula is C17H22Cl5N3OS. The van der Waals surface area contributed by atoms with Crippen molar-refractivity contribution >= 4 is 86.9 Å². The number of rotatable bonds is 9. The van der Waals surface area contributed by atoms with Crippen LogP contribution in [0.4, 0.5) is 5.69 Å². The molecule has 0 saturated carbocycles. The summed E-state index contributed by atoms with van der Waals surface area (Å²) in [6.07, 6.45) is 4.48. The lowest BCUT2D eigenvalue weighted by Gasteiger charge is -2.28. The molecule has 0 heterocycles. The Balaban J connectivity index is 2.62. The van der Waals surface area contributed by atoms with Crippen molar-refractivity contribution in [3.8, 4) is 0 Å². The van der Waals surface area contributed by atoms with Gasteiger partial charge in [-0.2, -0.15) is 0 Å². The molecule has 3 N–H and O–H groups in total. The summed E-state index contributed by atoms with van der Waals surface area (Å²) in [5.41, 5.74) is 0.420. The van der Waals surface area contributed by atoms with Crippen molar-refractivity contribution in [1.82, 2.24) is 10.6 Å². The Kier molecular flexibility index (Phi) is 11.4. The Bertz CT molecular complexity index is 619. The zero-order chi connectivity index (χ0) is 20.4. The summed E-state index contributed by atoms with van der Waals surface area (Å²) in [6.45, 7) is 2.14. The van der Waals surface area contributed by atoms with Crippen molar-refractivity contribution in [3.63, 3.8) is 0 Å². The van der Waals surface area contributed by atoms with Crippen LogP contribution in [0.2, 0.25) is 10.0 Å². The highest BCUT2D eigenvalue weighted by molar-refractivity contribution is 7.80. The minimum atomic E-state index is -1.81. The fraction of sp³-hybridized carbons (Fsp3) is 0.529. The molecule has 1 rings (SSSR count). The second kappa shape index (κ2) is 12.4. The topological polar surface area (TPSA) is 53.2 Å². The molecule has 1 aromatic rings. The molecule has 10 heteroatoms. The van der Waals surface area contributed by atoms with Crippen LogP contribution < -0.4 is 16.0 Å². The third-order valence-electron chi connectivity index (χ3n) is 3.62. The molecule has 1 amide bonds. The van der Waals surface area contributed by atoms with Gasteiger partial charge in [0.25, 0.3) is 0 Å². The molecule has 0 saturated heterocycles. The van der Waals surface area contributed by atoms with Gasteiger partial charge in [0.1, 0.15) is 6.17 Å². The van der Waals surface area contributed by atoms with E-state index in [-0.39, 0.29) is 11.0 Å². The number of hydrogen-bond donors (Lipinski definition) is 3. The number of carbonyl (C=O) groups is 1. The maximum atomic E-state index is 12.1. The van der Waals surface area contributed by atoms with Gasteiger partial charge in [-0.25, -0.2) is 0 Å². The summed E-state index contributed by atoms with van der Waals surface area (Å²) in [4.78, 5) is 12.1. The third-order valence-corrected chi connectivity index (χ3v) is 5.12. The fourth-order valence-electron chi connectivity index (χ4n) is 2.22. The molecule has 1 aromatic carbocycles. The summed E-state index contributed by atoms with van der Waals surface area (Å²) in [7, 11) is 0. The van der Waals surface area contributed by atoms with Crippen molar-refractivity contribution in [1.29, 1.82) is 0 Å². The largest absolute Gasteiger partial charge is 0.339 e. The van der Waals surface area contributed by atoms with Gasteiger partial charge in [0, 0.05) is 6.42 Å². The van der Waals surface area contributed by atoms with Crippen molar-refractivity contribution in [3.05, 3.63) is 28.2 Å². The van der Waals surface area contributed by atoms with E-state index >= 15 is 0 Å². The zero-order valence-corrected chi connectivity index (χ0v) is 19.4. The standard InChI is InChI=1S/C17H22Cl5N3OS/c1-2-3-4-5-6-10-13(26)23-15(17(20,21)22)25-16(27)24-14-11(18)8-7-9-12(14)19/h7-9,15H,2-6,10H2,1H3,(H,23,26)(H2,24,25,27). The molecule has 0 fully saturated rings. The SMILES string of the molecule is CCCCCCCC(=O)NC(NC(=S)Nc1c(Cl)cccc1Cl)C(Cl)(Cl)Cl. The van der Waals surface area contributed by atoms with E-state index in [0.717, 1.165) is 32.1 Å². The number of thiocarbonyl (C=S) groups is 1. The first-order valence-corrected chi connectivity index (χ1v) is 10.8. The van der Waals surface area contributed by atoms with Crippen LogP contribution in [0.15, 0.2) is 18.2 Å². The van der Waals surface area contributed by atoms with Crippen LogP contribution in [-0.4, -0.2) is 21.0 Å². The molecule has 0 bridgehead atoms. The number of carbonyl (C=O) groups excluding carboxylic acids is 1. The average molecular weight is 494 g/mol. The Morgan fingerprint density at radius 1 is 1.07 bits per heavy atom. The van der Waals surface area contributed by atoms with E-state index < -0.39 is 9.96 Å². The van der Waals surface area contributed by atoms with E-state index in [4.69, 9.17) is 70.2 Å². The van der Waals surface area contributed by atoms with Crippen LogP contribution in [0.25, 0.3) is 0 Å². The number of halogens is 5. The summed E-state index contributed by atoms with van der Waals surface area (Å²) < 4.78 is -1.81. The molecule has 0 spiro atoms. The minimum Gasteiger partial charge on any atom is -0.339 e. The van der Waals surface area contributed by atoms with E-state index in [1.165, 1.54) is 0 Å². The van der Waals surface area contributed by atoms with E-state index in [2.05, 4.69) is 22.9 Å². The molecule has 27 heavy (non-hydrogen) atoms. The van der Waals surface area contributed by atoms with Crippen molar-refractivity contribution < 1.29 is 4.79 Å². The fourth-order valence-corrected chi connectivity index (χ4v) is 3.26. The number of amides is 1. The van der Waals surface area contributed by atoms with Gasteiger partial charge in [-0.3, -0.25) is 4.79 Å². The van der Waals surface area contributed by atoms with E-state index in [0.29, 0.717) is 22.2 Å². The first-order chi connectivity index (χ1) is 12.6. The average Bonchev–Trinajstić information content (AvgIpc) is 2.57. The number of nitrogens with one attached hydrogen (secondary N) is 3. The Hall–Kier alpha value is -0.170. The molecular weight excluding hydrogens is 472 g/mol. The van der Waals surface area contributed by atoms with E-state index in [9.17, 15) is 4.79 Å². The highest BCUT2D eigenvalue weighted by Gasteiger charge is 2.34. The first-order valence-electron chi connectivity index (χ1n) is 8.52. The number of alkyl halides is 3. The van der Waals surface area contributed by atoms with Crippen LogP contribution in [0, 0.1) is 0 Å². The highest BCUT2D eigenvalue weighted by atomic mass is 35.6. The van der Waals surface area contributed by atoms with E-state index in [1.807, 2.05) is 0 Å². The minimum absolute atomic E-state index is 0.101. The number of anilines is 1. The molecule has 0 aliphatic carbocycles. The smallest absolute Gasteiger partial charge is 0.228 e. The normalized spacial score (nSPS) is 12.4.